The largest absolute Gasteiger partial charge is 0.497 e. The van der Waals surface area contributed by atoms with Crippen molar-refractivity contribution in [2.24, 2.45) is 0 Å². The van der Waals surface area contributed by atoms with Gasteiger partial charge in [-0.25, -0.2) is 0 Å². The van der Waals surface area contributed by atoms with Gasteiger partial charge in [-0.2, -0.15) is 5.26 Å². The normalized spacial score (nSPS) is 10.3. The summed E-state index contributed by atoms with van der Waals surface area (Å²) in [6, 6.07) is 7.86. The molecule has 0 spiro atoms. The van der Waals surface area contributed by atoms with Crippen molar-refractivity contribution in [3.8, 4) is 11.8 Å². The summed E-state index contributed by atoms with van der Waals surface area (Å²) in [5, 5.41) is 9.22. The van der Waals surface area contributed by atoms with Crippen LogP contribution in [0.1, 0.15) is 12.0 Å². The van der Waals surface area contributed by atoms with Gasteiger partial charge in [-0.15, -0.1) is 0 Å². The standard InChI is InChI=1S/C13H17ClN2O/c1-16(8-3-7-15)9-6-11-4-5-12(17-2)10-13(11)14/h4-5,10H,3,6,8-9H2,1-2H3. The highest BCUT2D eigenvalue weighted by Crippen LogP contribution is 2.22. The molecule has 0 atom stereocenters. The van der Waals surface area contributed by atoms with Crippen LogP contribution in [0.3, 0.4) is 0 Å². The fraction of sp³-hybridized carbons (Fsp3) is 0.462. The molecule has 0 aliphatic rings. The Morgan fingerprint density at radius 2 is 2.18 bits per heavy atom. The molecule has 0 aliphatic heterocycles. The van der Waals surface area contributed by atoms with Gasteiger partial charge in [0, 0.05) is 24.5 Å². The zero-order valence-corrected chi connectivity index (χ0v) is 11.0. The molecule has 0 aliphatic carbocycles. The van der Waals surface area contributed by atoms with E-state index in [4.69, 9.17) is 21.6 Å². The highest BCUT2D eigenvalue weighted by atomic mass is 35.5. The van der Waals surface area contributed by atoms with Gasteiger partial charge in [0.15, 0.2) is 0 Å². The number of benzene rings is 1. The van der Waals surface area contributed by atoms with Gasteiger partial charge < -0.3 is 9.64 Å². The average molecular weight is 253 g/mol. The topological polar surface area (TPSA) is 36.3 Å². The summed E-state index contributed by atoms with van der Waals surface area (Å²) in [7, 11) is 3.63. The Hall–Kier alpha value is -1.24. The second kappa shape index (κ2) is 7.16. The van der Waals surface area contributed by atoms with Gasteiger partial charge in [0.05, 0.1) is 13.2 Å². The maximum Gasteiger partial charge on any atom is 0.120 e. The summed E-state index contributed by atoms with van der Waals surface area (Å²) >= 11 is 6.15. The van der Waals surface area contributed by atoms with Crippen molar-refractivity contribution >= 4 is 11.6 Å². The predicted molar refractivity (Wildman–Crippen MR) is 69.4 cm³/mol. The Morgan fingerprint density at radius 1 is 1.41 bits per heavy atom. The maximum atomic E-state index is 8.49. The summed E-state index contributed by atoms with van der Waals surface area (Å²) in [5.41, 5.74) is 1.11. The molecule has 3 nitrogen and oxygen atoms in total. The lowest BCUT2D eigenvalue weighted by Gasteiger charge is -2.15. The molecule has 1 rings (SSSR count). The van der Waals surface area contributed by atoms with Gasteiger partial charge in [0.25, 0.3) is 0 Å². The van der Waals surface area contributed by atoms with E-state index >= 15 is 0 Å². The van der Waals surface area contributed by atoms with E-state index in [1.54, 1.807) is 7.11 Å². The van der Waals surface area contributed by atoms with Gasteiger partial charge in [-0.3, -0.25) is 0 Å². The van der Waals surface area contributed by atoms with Crippen molar-refractivity contribution in [2.75, 3.05) is 27.2 Å². The molecular formula is C13H17ClN2O. The summed E-state index contributed by atoms with van der Waals surface area (Å²) in [5.74, 6) is 0.775. The molecule has 0 saturated carbocycles. The molecular weight excluding hydrogens is 236 g/mol. The van der Waals surface area contributed by atoms with Gasteiger partial charge in [-0.1, -0.05) is 17.7 Å². The van der Waals surface area contributed by atoms with Gasteiger partial charge >= 0.3 is 0 Å². The molecule has 17 heavy (non-hydrogen) atoms. The van der Waals surface area contributed by atoms with Crippen molar-refractivity contribution in [3.05, 3.63) is 28.8 Å². The van der Waals surface area contributed by atoms with Crippen molar-refractivity contribution in [3.63, 3.8) is 0 Å². The van der Waals surface area contributed by atoms with E-state index in [-0.39, 0.29) is 0 Å². The fourth-order valence-electron chi connectivity index (χ4n) is 1.52. The zero-order valence-electron chi connectivity index (χ0n) is 10.2. The first kappa shape index (κ1) is 13.8. The molecule has 0 bridgehead atoms. The number of ether oxygens (including phenoxy) is 1. The first-order valence-electron chi connectivity index (χ1n) is 5.55. The molecule has 4 heteroatoms. The van der Waals surface area contributed by atoms with Crippen LogP contribution >= 0.6 is 11.6 Å². The number of rotatable bonds is 6. The van der Waals surface area contributed by atoms with Crippen LogP contribution in [0, 0.1) is 11.3 Å². The van der Waals surface area contributed by atoms with E-state index in [1.165, 1.54) is 0 Å². The quantitative estimate of drug-likeness (QED) is 0.781. The minimum Gasteiger partial charge on any atom is -0.497 e. The van der Waals surface area contributed by atoms with E-state index < -0.39 is 0 Å². The summed E-state index contributed by atoms with van der Waals surface area (Å²) in [6.45, 7) is 1.69. The van der Waals surface area contributed by atoms with Crippen molar-refractivity contribution in [1.29, 1.82) is 5.26 Å². The Balaban J connectivity index is 2.49. The zero-order chi connectivity index (χ0) is 12.7. The highest BCUT2D eigenvalue weighted by molar-refractivity contribution is 6.31. The summed E-state index contributed by atoms with van der Waals surface area (Å²) in [4.78, 5) is 2.13. The molecule has 0 radical (unpaired) electrons. The third-order valence-corrected chi connectivity index (χ3v) is 2.98. The molecule has 0 saturated heterocycles. The SMILES string of the molecule is COc1ccc(CCN(C)CCC#N)c(Cl)c1. The Morgan fingerprint density at radius 3 is 2.76 bits per heavy atom. The lowest BCUT2D eigenvalue weighted by molar-refractivity contribution is 0.346. The number of nitriles is 1. The van der Waals surface area contributed by atoms with Crippen LogP contribution in [-0.4, -0.2) is 32.1 Å². The molecule has 1 aromatic rings. The van der Waals surface area contributed by atoms with Crippen LogP contribution in [0.25, 0.3) is 0 Å². The van der Waals surface area contributed by atoms with Gasteiger partial charge in [0.1, 0.15) is 5.75 Å². The molecule has 0 N–H and O–H groups in total. The Labute approximate surface area is 108 Å². The third-order valence-electron chi connectivity index (χ3n) is 2.63. The molecule has 0 fully saturated rings. The third kappa shape index (κ3) is 4.64. The minimum absolute atomic E-state index is 0.562. The highest BCUT2D eigenvalue weighted by Gasteiger charge is 2.04. The van der Waals surface area contributed by atoms with Crippen molar-refractivity contribution in [2.45, 2.75) is 12.8 Å². The second-order valence-corrected chi connectivity index (χ2v) is 4.33. The lowest BCUT2D eigenvalue weighted by Crippen LogP contribution is -2.22. The lowest BCUT2D eigenvalue weighted by atomic mass is 10.1. The first-order valence-corrected chi connectivity index (χ1v) is 5.93. The number of hydrogen-bond donors (Lipinski definition) is 0. The molecule has 92 valence electrons. The maximum absolute atomic E-state index is 8.49. The van der Waals surface area contributed by atoms with E-state index in [2.05, 4.69) is 11.0 Å². The van der Waals surface area contributed by atoms with Crippen molar-refractivity contribution in [1.82, 2.24) is 4.90 Å². The number of likely N-dealkylation sites (N-methyl/N-ethyl adjacent to an activating group) is 1. The Bertz CT molecular complexity index is 401. The number of nitrogens with zero attached hydrogens (tertiary/aromatic N) is 2. The van der Waals surface area contributed by atoms with Gasteiger partial charge in [-0.05, 0) is 31.2 Å². The molecule has 1 aromatic carbocycles. The second-order valence-electron chi connectivity index (χ2n) is 3.92. The molecule has 0 heterocycles. The van der Waals surface area contributed by atoms with Crippen molar-refractivity contribution < 1.29 is 4.74 Å². The molecule has 0 amide bonds. The average Bonchev–Trinajstić information content (AvgIpc) is 2.34. The minimum atomic E-state index is 0.562. The van der Waals surface area contributed by atoms with Gasteiger partial charge in [0.2, 0.25) is 0 Å². The Kier molecular flexibility index (Phi) is 5.82. The fourth-order valence-corrected chi connectivity index (χ4v) is 1.79. The monoisotopic (exact) mass is 252 g/mol. The van der Waals surface area contributed by atoms with E-state index in [0.29, 0.717) is 6.42 Å². The van der Waals surface area contributed by atoms with Crippen LogP contribution < -0.4 is 4.74 Å². The summed E-state index contributed by atoms with van der Waals surface area (Å²) in [6.07, 6.45) is 1.44. The predicted octanol–water partition coefficient (Wildman–Crippen LogP) is 2.74. The smallest absolute Gasteiger partial charge is 0.120 e. The van der Waals surface area contributed by atoms with Crippen LogP contribution in [-0.2, 0) is 6.42 Å². The summed E-state index contributed by atoms with van der Waals surface area (Å²) < 4.78 is 5.10. The van der Waals surface area contributed by atoms with E-state index in [1.807, 2.05) is 25.2 Å². The van der Waals surface area contributed by atoms with Crippen LogP contribution in [0.4, 0.5) is 0 Å². The first-order chi connectivity index (χ1) is 8.17. The number of methoxy groups -OCH3 is 1. The van der Waals surface area contributed by atoms with Crippen LogP contribution in [0.5, 0.6) is 5.75 Å². The van der Waals surface area contributed by atoms with Crippen LogP contribution in [0.15, 0.2) is 18.2 Å². The van der Waals surface area contributed by atoms with E-state index in [9.17, 15) is 0 Å². The molecule has 0 aromatic heterocycles. The van der Waals surface area contributed by atoms with E-state index in [0.717, 1.165) is 35.8 Å². The number of hydrogen-bond acceptors (Lipinski definition) is 3. The number of halogens is 1. The van der Waals surface area contributed by atoms with Crippen LogP contribution in [0.2, 0.25) is 5.02 Å². The molecule has 0 unspecified atom stereocenters.